The van der Waals surface area contributed by atoms with E-state index >= 15 is 0 Å². The van der Waals surface area contributed by atoms with Gasteiger partial charge in [0.25, 0.3) is 0 Å². The molecule has 0 unspecified atom stereocenters. The Kier molecular flexibility index (Phi) is 3.76. The van der Waals surface area contributed by atoms with Crippen molar-refractivity contribution in [3.63, 3.8) is 0 Å². The minimum atomic E-state index is 0.0898. The molecule has 1 aromatic heterocycles. The molecule has 0 aliphatic rings. The van der Waals surface area contributed by atoms with Crippen LogP contribution in [0.5, 0.6) is 0 Å². The van der Waals surface area contributed by atoms with E-state index in [1.807, 2.05) is 36.1 Å². The molecule has 5 heteroatoms. The lowest BCUT2D eigenvalue weighted by atomic mass is 10.2. The summed E-state index contributed by atoms with van der Waals surface area (Å²) in [5, 5.41) is 19.4. The lowest BCUT2D eigenvalue weighted by molar-refractivity contribution is 0.302. The van der Waals surface area contributed by atoms with Crippen LogP contribution in [0.2, 0.25) is 5.15 Å². The largest absolute Gasteiger partial charge is 0.395 e. The standard InChI is InChI=1S/C12H14ClN3O/c1-2-16(7-8-17)12-10-6-4-3-5-9(10)11(13)14-15-12/h3-6,17H,2,7-8H2,1H3. The van der Waals surface area contributed by atoms with Crippen LogP contribution in [0.25, 0.3) is 10.8 Å². The molecule has 0 saturated heterocycles. The van der Waals surface area contributed by atoms with Gasteiger partial charge < -0.3 is 10.0 Å². The van der Waals surface area contributed by atoms with Crippen LogP contribution in [-0.4, -0.2) is 35.0 Å². The maximum Gasteiger partial charge on any atom is 0.159 e. The van der Waals surface area contributed by atoms with Crippen molar-refractivity contribution >= 4 is 28.2 Å². The van der Waals surface area contributed by atoms with E-state index < -0.39 is 0 Å². The number of aromatic nitrogens is 2. The third-order valence-corrected chi connectivity index (χ3v) is 2.95. The van der Waals surface area contributed by atoms with E-state index in [1.165, 1.54) is 0 Å². The third-order valence-electron chi connectivity index (χ3n) is 2.67. The number of benzene rings is 1. The van der Waals surface area contributed by atoms with Crippen LogP contribution >= 0.6 is 11.6 Å². The van der Waals surface area contributed by atoms with Gasteiger partial charge in [-0.05, 0) is 6.92 Å². The highest BCUT2D eigenvalue weighted by molar-refractivity contribution is 6.34. The zero-order valence-electron chi connectivity index (χ0n) is 9.60. The van der Waals surface area contributed by atoms with Gasteiger partial charge in [0.2, 0.25) is 0 Å². The van der Waals surface area contributed by atoms with Crippen molar-refractivity contribution in [3.8, 4) is 0 Å². The van der Waals surface area contributed by atoms with Gasteiger partial charge in [0.1, 0.15) is 0 Å². The molecule has 1 aromatic carbocycles. The van der Waals surface area contributed by atoms with Crippen molar-refractivity contribution in [2.24, 2.45) is 0 Å². The molecule has 0 bridgehead atoms. The van der Waals surface area contributed by atoms with Crippen molar-refractivity contribution in [1.29, 1.82) is 0 Å². The molecular weight excluding hydrogens is 238 g/mol. The van der Waals surface area contributed by atoms with Gasteiger partial charge in [0.05, 0.1) is 6.61 Å². The highest BCUT2D eigenvalue weighted by Gasteiger charge is 2.12. The fourth-order valence-corrected chi connectivity index (χ4v) is 2.03. The predicted molar refractivity (Wildman–Crippen MR) is 69.5 cm³/mol. The zero-order chi connectivity index (χ0) is 12.3. The SMILES string of the molecule is CCN(CCO)c1nnc(Cl)c2ccccc12. The number of likely N-dealkylation sites (N-methyl/N-ethyl adjacent to an activating group) is 1. The second kappa shape index (κ2) is 5.29. The summed E-state index contributed by atoms with van der Waals surface area (Å²) in [5.74, 6) is 0.765. The first kappa shape index (κ1) is 12.1. The molecule has 1 N–H and O–H groups in total. The van der Waals surface area contributed by atoms with E-state index in [0.717, 1.165) is 23.1 Å². The molecule has 1 heterocycles. The van der Waals surface area contributed by atoms with Gasteiger partial charge in [-0.25, -0.2) is 0 Å². The maximum atomic E-state index is 9.04. The lowest BCUT2D eigenvalue weighted by Gasteiger charge is -2.21. The number of aliphatic hydroxyl groups excluding tert-OH is 1. The van der Waals surface area contributed by atoms with Gasteiger partial charge >= 0.3 is 0 Å². The molecule has 0 aliphatic heterocycles. The number of hydrogen-bond donors (Lipinski definition) is 1. The molecule has 90 valence electrons. The van der Waals surface area contributed by atoms with Crippen LogP contribution in [0.3, 0.4) is 0 Å². The minimum Gasteiger partial charge on any atom is -0.395 e. The normalized spacial score (nSPS) is 10.8. The molecule has 0 fully saturated rings. The Labute approximate surface area is 105 Å². The summed E-state index contributed by atoms with van der Waals surface area (Å²) in [7, 11) is 0. The maximum absolute atomic E-state index is 9.04. The van der Waals surface area contributed by atoms with Crippen molar-refractivity contribution < 1.29 is 5.11 Å². The molecule has 0 saturated carbocycles. The van der Waals surface area contributed by atoms with Crippen molar-refractivity contribution in [1.82, 2.24) is 10.2 Å². The fourth-order valence-electron chi connectivity index (χ4n) is 1.83. The topological polar surface area (TPSA) is 49.2 Å². The van der Waals surface area contributed by atoms with Crippen LogP contribution in [0, 0.1) is 0 Å². The van der Waals surface area contributed by atoms with Crippen LogP contribution < -0.4 is 4.90 Å². The van der Waals surface area contributed by atoms with Crippen LogP contribution in [0.1, 0.15) is 6.92 Å². The van der Waals surface area contributed by atoms with Gasteiger partial charge in [-0.1, -0.05) is 35.9 Å². The molecular formula is C12H14ClN3O. The highest BCUT2D eigenvalue weighted by Crippen LogP contribution is 2.27. The highest BCUT2D eigenvalue weighted by atomic mass is 35.5. The number of aliphatic hydroxyl groups is 1. The zero-order valence-corrected chi connectivity index (χ0v) is 10.4. The summed E-state index contributed by atoms with van der Waals surface area (Å²) in [6.45, 7) is 3.41. The molecule has 0 radical (unpaired) electrons. The van der Waals surface area contributed by atoms with Crippen molar-refractivity contribution in [3.05, 3.63) is 29.4 Å². The fraction of sp³-hybridized carbons (Fsp3) is 0.333. The van der Waals surface area contributed by atoms with E-state index in [2.05, 4.69) is 10.2 Å². The minimum absolute atomic E-state index is 0.0898. The van der Waals surface area contributed by atoms with Gasteiger partial charge in [0.15, 0.2) is 11.0 Å². The average molecular weight is 252 g/mol. The Morgan fingerprint density at radius 3 is 2.59 bits per heavy atom. The average Bonchev–Trinajstić information content (AvgIpc) is 2.37. The monoisotopic (exact) mass is 251 g/mol. The second-order valence-corrected chi connectivity index (χ2v) is 4.02. The van der Waals surface area contributed by atoms with Gasteiger partial charge in [-0.3, -0.25) is 0 Å². The van der Waals surface area contributed by atoms with E-state index in [4.69, 9.17) is 16.7 Å². The third kappa shape index (κ3) is 2.33. The van der Waals surface area contributed by atoms with Crippen molar-refractivity contribution in [2.45, 2.75) is 6.92 Å². The Bertz CT molecular complexity index is 518. The summed E-state index contributed by atoms with van der Waals surface area (Å²) in [4.78, 5) is 1.98. The molecule has 2 aromatic rings. The molecule has 0 atom stereocenters. The van der Waals surface area contributed by atoms with Crippen LogP contribution in [0.15, 0.2) is 24.3 Å². The van der Waals surface area contributed by atoms with Gasteiger partial charge in [-0.15, -0.1) is 10.2 Å². The number of fused-ring (bicyclic) bond motifs is 1. The lowest BCUT2D eigenvalue weighted by Crippen LogP contribution is -2.27. The summed E-state index contributed by atoms with van der Waals surface area (Å²) in [6.07, 6.45) is 0. The molecule has 17 heavy (non-hydrogen) atoms. The second-order valence-electron chi connectivity index (χ2n) is 3.66. The predicted octanol–water partition coefficient (Wildman–Crippen LogP) is 2.10. The molecule has 0 aliphatic carbocycles. The first-order valence-corrected chi connectivity index (χ1v) is 5.92. The van der Waals surface area contributed by atoms with E-state index in [1.54, 1.807) is 0 Å². The molecule has 0 amide bonds. The Morgan fingerprint density at radius 1 is 1.24 bits per heavy atom. The number of hydrogen-bond acceptors (Lipinski definition) is 4. The summed E-state index contributed by atoms with van der Waals surface area (Å²) < 4.78 is 0. The smallest absolute Gasteiger partial charge is 0.159 e. The quantitative estimate of drug-likeness (QED) is 0.904. The van der Waals surface area contributed by atoms with Gasteiger partial charge in [-0.2, -0.15) is 0 Å². The Hall–Kier alpha value is -1.39. The first-order chi connectivity index (χ1) is 8.27. The van der Waals surface area contributed by atoms with E-state index in [0.29, 0.717) is 11.7 Å². The number of anilines is 1. The molecule has 2 rings (SSSR count). The number of nitrogens with zero attached hydrogens (tertiary/aromatic N) is 3. The van der Waals surface area contributed by atoms with Crippen LogP contribution in [-0.2, 0) is 0 Å². The first-order valence-electron chi connectivity index (χ1n) is 5.54. The van der Waals surface area contributed by atoms with Crippen molar-refractivity contribution in [2.75, 3.05) is 24.6 Å². The number of halogens is 1. The van der Waals surface area contributed by atoms with E-state index in [-0.39, 0.29) is 6.61 Å². The summed E-state index contributed by atoms with van der Waals surface area (Å²) in [6, 6.07) is 7.74. The van der Waals surface area contributed by atoms with Crippen LogP contribution in [0.4, 0.5) is 5.82 Å². The van der Waals surface area contributed by atoms with Gasteiger partial charge in [0, 0.05) is 23.9 Å². The Morgan fingerprint density at radius 2 is 1.94 bits per heavy atom. The summed E-state index contributed by atoms with van der Waals surface area (Å²) >= 11 is 6.01. The number of rotatable bonds is 4. The summed E-state index contributed by atoms with van der Waals surface area (Å²) in [5.41, 5.74) is 0. The molecule has 4 nitrogen and oxygen atoms in total. The molecule has 0 spiro atoms. The Balaban J connectivity index is 2.57. The van der Waals surface area contributed by atoms with E-state index in [9.17, 15) is 0 Å².